The zero-order chi connectivity index (χ0) is 14.7. The fraction of sp³-hybridized carbons (Fsp3) is 0. The van der Waals surface area contributed by atoms with E-state index < -0.39 is 0 Å². The lowest BCUT2D eigenvalue weighted by Crippen LogP contribution is -2.18. The highest BCUT2D eigenvalue weighted by Gasteiger charge is 2.23. The van der Waals surface area contributed by atoms with Crippen LogP contribution in [0.4, 0.5) is 10.5 Å². The zero-order valence-electron chi connectivity index (χ0n) is 10.8. The summed E-state index contributed by atoms with van der Waals surface area (Å²) in [4.78, 5) is 20.9. The van der Waals surface area contributed by atoms with E-state index in [0.29, 0.717) is 10.9 Å². The van der Waals surface area contributed by atoms with Gasteiger partial charge in [-0.15, -0.1) is 0 Å². The molecule has 1 fully saturated rings. The number of hydrogen-bond acceptors (Lipinski definition) is 4. The molecule has 4 nitrogen and oxygen atoms in total. The van der Waals surface area contributed by atoms with Crippen molar-refractivity contribution in [3.63, 3.8) is 0 Å². The van der Waals surface area contributed by atoms with Gasteiger partial charge in [0.05, 0.1) is 10.6 Å². The summed E-state index contributed by atoms with van der Waals surface area (Å²) in [6, 6.07) is 10.9. The van der Waals surface area contributed by atoms with Gasteiger partial charge in [-0.25, -0.2) is 4.99 Å². The van der Waals surface area contributed by atoms with Gasteiger partial charge in [0.2, 0.25) is 0 Å². The van der Waals surface area contributed by atoms with Crippen molar-refractivity contribution < 1.29 is 4.79 Å². The smallest absolute Gasteiger partial charge is 0.289 e. The molecule has 0 atom stereocenters. The van der Waals surface area contributed by atoms with Gasteiger partial charge in [0.15, 0.2) is 0 Å². The lowest BCUT2D eigenvalue weighted by atomic mass is 10.2. The molecule has 1 aliphatic rings. The quantitative estimate of drug-likeness (QED) is 0.900. The Morgan fingerprint density at radius 2 is 2.05 bits per heavy atom. The number of rotatable bonds is 2. The van der Waals surface area contributed by atoms with Crippen molar-refractivity contribution in [3.8, 4) is 0 Å². The third kappa shape index (κ3) is 3.51. The zero-order valence-corrected chi connectivity index (χ0v) is 12.4. The number of carbonyl (C=O) groups is 1. The van der Waals surface area contributed by atoms with Crippen LogP contribution in [0.15, 0.2) is 58.7 Å². The molecule has 1 N–H and O–H groups in total. The molecule has 1 amide bonds. The van der Waals surface area contributed by atoms with Gasteiger partial charge in [-0.1, -0.05) is 17.7 Å². The van der Waals surface area contributed by atoms with Gasteiger partial charge in [-0.05, 0) is 53.7 Å². The first-order chi connectivity index (χ1) is 10.2. The maximum absolute atomic E-state index is 11.6. The second-order valence-electron chi connectivity index (χ2n) is 4.25. The van der Waals surface area contributed by atoms with E-state index in [1.807, 2.05) is 18.2 Å². The summed E-state index contributed by atoms with van der Waals surface area (Å²) in [7, 11) is 0. The highest BCUT2D eigenvalue weighted by molar-refractivity contribution is 8.18. The molecule has 21 heavy (non-hydrogen) atoms. The minimum atomic E-state index is -0.141. The standard InChI is InChI=1S/C15H10ClN3OS/c16-11-3-5-12(6-4-11)18-14-13(21-15(20)19-14)8-10-2-1-7-17-9-10/h1-9H,(H,18,19,20)/b13-8-. The molecule has 0 saturated carbocycles. The number of benzene rings is 1. The number of pyridine rings is 1. The van der Waals surface area contributed by atoms with Gasteiger partial charge in [0.25, 0.3) is 5.24 Å². The van der Waals surface area contributed by atoms with Crippen molar-refractivity contribution in [1.29, 1.82) is 0 Å². The molecule has 0 bridgehead atoms. The van der Waals surface area contributed by atoms with E-state index in [-0.39, 0.29) is 5.24 Å². The molecular formula is C15H10ClN3OS. The van der Waals surface area contributed by atoms with Gasteiger partial charge in [0, 0.05) is 17.4 Å². The lowest BCUT2D eigenvalue weighted by molar-refractivity contribution is 0.265. The van der Waals surface area contributed by atoms with E-state index in [1.165, 1.54) is 0 Å². The normalized spacial score (nSPS) is 18.2. The Balaban J connectivity index is 1.94. The number of amidine groups is 1. The fourth-order valence-electron chi connectivity index (χ4n) is 1.77. The summed E-state index contributed by atoms with van der Waals surface area (Å²) < 4.78 is 0. The van der Waals surface area contributed by atoms with Gasteiger partial charge in [0.1, 0.15) is 5.84 Å². The molecule has 1 aliphatic heterocycles. The fourth-order valence-corrected chi connectivity index (χ4v) is 2.63. The van der Waals surface area contributed by atoms with E-state index in [2.05, 4.69) is 15.3 Å². The monoisotopic (exact) mass is 315 g/mol. The largest absolute Gasteiger partial charge is 0.300 e. The third-order valence-corrected chi connectivity index (χ3v) is 3.78. The Morgan fingerprint density at radius 1 is 1.24 bits per heavy atom. The number of amides is 1. The van der Waals surface area contributed by atoms with Crippen molar-refractivity contribution in [2.24, 2.45) is 4.99 Å². The van der Waals surface area contributed by atoms with Gasteiger partial charge < -0.3 is 5.32 Å². The lowest BCUT2D eigenvalue weighted by Gasteiger charge is -2.00. The first-order valence-corrected chi connectivity index (χ1v) is 7.35. The number of hydrogen-bond donors (Lipinski definition) is 1. The Labute approximate surface area is 131 Å². The molecule has 1 saturated heterocycles. The number of halogens is 1. The number of nitrogens with zero attached hydrogens (tertiary/aromatic N) is 2. The summed E-state index contributed by atoms with van der Waals surface area (Å²) in [6.07, 6.45) is 5.32. The van der Waals surface area contributed by atoms with Crippen molar-refractivity contribution in [2.45, 2.75) is 0 Å². The van der Waals surface area contributed by atoms with Gasteiger partial charge in [-0.2, -0.15) is 0 Å². The number of aromatic nitrogens is 1. The van der Waals surface area contributed by atoms with Gasteiger partial charge >= 0.3 is 0 Å². The average Bonchev–Trinajstić information content (AvgIpc) is 2.82. The molecule has 2 heterocycles. The van der Waals surface area contributed by atoms with Crippen molar-refractivity contribution >= 4 is 46.2 Å². The summed E-state index contributed by atoms with van der Waals surface area (Å²) >= 11 is 6.96. The van der Waals surface area contributed by atoms with Crippen LogP contribution in [0.2, 0.25) is 5.02 Å². The van der Waals surface area contributed by atoms with Crippen LogP contribution >= 0.6 is 23.4 Å². The first-order valence-electron chi connectivity index (χ1n) is 6.16. The average molecular weight is 316 g/mol. The van der Waals surface area contributed by atoms with E-state index in [4.69, 9.17) is 11.6 Å². The van der Waals surface area contributed by atoms with Crippen molar-refractivity contribution in [1.82, 2.24) is 10.3 Å². The second-order valence-corrected chi connectivity index (χ2v) is 5.70. The molecule has 1 aromatic carbocycles. The van der Waals surface area contributed by atoms with Crippen LogP contribution in [0, 0.1) is 0 Å². The number of aliphatic imine (C=N–C) groups is 1. The Hall–Kier alpha value is -2.11. The molecule has 0 spiro atoms. The first kappa shape index (κ1) is 13.9. The molecule has 0 aliphatic carbocycles. The van der Waals surface area contributed by atoms with Gasteiger partial charge in [-0.3, -0.25) is 9.78 Å². The van der Waals surface area contributed by atoms with E-state index in [0.717, 1.165) is 27.9 Å². The van der Waals surface area contributed by atoms with E-state index >= 15 is 0 Å². The Bertz CT molecular complexity index is 726. The molecule has 104 valence electrons. The molecule has 0 unspecified atom stereocenters. The van der Waals surface area contributed by atoms with Crippen molar-refractivity contribution in [3.05, 3.63) is 64.3 Å². The minimum absolute atomic E-state index is 0.141. The highest BCUT2D eigenvalue weighted by atomic mass is 35.5. The van der Waals surface area contributed by atoms with E-state index in [1.54, 1.807) is 36.7 Å². The number of carbonyl (C=O) groups excluding carboxylic acids is 1. The summed E-state index contributed by atoms with van der Waals surface area (Å²) in [5, 5.41) is 3.25. The van der Waals surface area contributed by atoms with Crippen LogP contribution in [0.1, 0.15) is 5.56 Å². The number of nitrogens with one attached hydrogen (secondary N) is 1. The molecule has 6 heteroatoms. The van der Waals surface area contributed by atoms with Crippen LogP contribution in [0.3, 0.4) is 0 Å². The summed E-state index contributed by atoms with van der Waals surface area (Å²) in [5.74, 6) is 0.538. The highest BCUT2D eigenvalue weighted by Crippen LogP contribution is 2.28. The number of thioether (sulfide) groups is 1. The Kier molecular flexibility index (Phi) is 4.03. The van der Waals surface area contributed by atoms with Crippen molar-refractivity contribution in [2.75, 3.05) is 0 Å². The molecular weight excluding hydrogens is 306 g/mol. The topological polar surface area (TPSA) is 54.4 Å². The minimum Gasteiger partial charge on any atom is -0.300 e. The van der Waals surface area contributed by atoms with Crippen LogP contribution in [0.25, 0.3) is 6.08 Å². The summed E-state index contributed by atoms with van der Waals surface area (Å²) in [6.45, 7) is 0. The SMILES string of the molecule is O=C1NC(=Nc2ccc(Cl)cc2)/C(=C/c2cccnc2)S1. The maximum Gasteiger partial charge on any atom is 0.289 e. The van der Waals surface area contributed by atoms with E-state index in [9.17, 15) is 4.79 Å². The van der Waals surface area contributed by atoms with Crippen LogP contribution < -0.4 is 5.32 Å². The molecule has 3 rings (SSSR count). The molecule has 1 aromatic heterocycles. The third-order valence-electron chi connectivity index (χ3n) is 2.71. The maximum atomic E-state index is 11.6. The predicted molar refractivity (Wildman–Crippen MR) is 86.9 cm³/mol. The molecule has 2 aromatic rings. The van der Waals surface area contributed by atoms with Crippen LogP contribution in [-0.4, -0.2) is 16.1 Å². The second kappa shape index (κ2) is 6.11. The van der Waals surface area contributed by atoms with Crippen LogP contribution in [-0.2, 0) is 0 Å². The van der Waals surface area contributed by atoms with Crippen LogP contribution in [0.5, 0.6) is 0 Å². The molecule has 0 radical (unpaired) electrons. The Morgan fingerprint density at radius 3 is 2.76 bits per heavy atom. The summed E-state index contributed by atoms with van der Waals surface area (Å²) in [5.41, 5.74) is 1.65. The predicted octanol–water partition coefficient (Wildman–Crippen LogP) is 4.26.